The first-order chi connectivity index (χ1) is 8.59. The molecule has 1 aromatic carbocycles. The van der Waals surface area contributed by atoms with Gasteiger partial charge in [0.05, 0.1) is 12.2 Å². The predicted molar refractivity (Wildman–Crippen MR) is 75.7 cm³/mol. The molecule has 0 aliphatic heterocycles. The van der Waals surface area contributed by atoms with Crippen LogP contribution in [0.5, 0.6) is 0 Å². The van der Waals surface area contributed by atoms with E-state index in [1.165, 1.54) is 11.1 Å². The molecule has 2 unspecified atom stereocenters. The Labute approximate surface area is 111 Å². The smallest absolute Gasteiger partial charge is 0.0512 e. The highest BCUT2D eigenvalue weighted by molar-refractivity contribution is 5.27. The van der Waals surface area contributed by atoms with Gasteiger partial charge in [-0.15, -0.1) is 0 Å². The van der Waals surface area contributed by atoms with Gasteiger partial charge in [0.2, 0.25) is 0 Å². The number of hydrogen-bond acceptors (Lipinski definition) is 2. The number of aryl methyl sites for hydroxylation is 2. The van der Waals surface area contributed by atoms with E-state index in [1.54, 1.807) is 0 Å². The van der Waals surface area contributed by atoms with Gasteiger partial charge in [0.25, 0.3) is 0 Å². The zero-order valence-electron chi connectivity index (χ0n) is 11.6. The van der Waals surface area contributed by atoms with Crippen molar-refractivity contribution in [3.63, 3.8) is 0 Å². The Morgan fingerprint density at radius 1 is 0.833 bits per heavy atom. The number of rotatable bonds is 8. The van der Waals surface area contributed by atoms with E-state index in [2.05, 4.69) is 24.3 Å². The molecule has 2 heteroatoms. The normalized spacial score (nSPS) is 14.4. The van der Waals surface area contributed by atoms with E-state index < -0.39 is 0 Å². The second-order valence-electron chi connectivity index (χ2n) is 5.25. The first kappa shape index (κ1) is 15.2. The molecule has 1 aromatic rings. The molecule has 18 heavy (non-hydrogen) atoms. The van der Waals surface area contributed by atoms with E-state index in [1.807, 2.05) is 13.8 Å². The van der Waals surface area contributed by atoms with Crippen LogP contribution in [-0.2, 0) is 12.8 Å². The fourth-order valence-corrected chi connectivity index (χ4v) is 2.22. The molecule has 1 rings (SSSR count). The third kappa shape index (κ3) is 6.18. The fourth-order valence-electron chi connectivity index (χ4n) is 2.22. The van der Waals surface area contributed by atoms with Crippen LogP contribution >= 0.6 is 0 Å². The van der Waals surface area contributed by atoms with Crippen molar-refractivity contribution in [3.8, 4) is 0 Å². The molecule has 0 heterocycles. The lowest BCUT2D eigenvalue weighted by molar-refractivity contribution is 0.180. The molecule has 2 N–H and O–H groups in total. The van der Waals surface area contributed by atoms with Crippen molar-refractivity contribution in [1.82, 2.24) is 0 Å². The Hall–Kier alpha value is -0.860. The molecule has 2 atom stereocenters. The third-order valence-corrected chi connectivity index (χ3v) is 3.25. The van der Waals surface area contributed by atoms with E-state index >= 15 is 0 Å². The van der Waals surface area contributed by atoms with E-state index in [0.717, 1.165) is 38.5 Å². The van der Waals surface area contributed by atoms with E-state index in [0.29, 0.717) is 0 Å². The van der Waals surface area contributed by atoms with Crippen molar-refractivity contribution in [2.24, 2.45) is 0 Å². The van der Waals surface area contributed by atoms with Crippen LogP contribution < -0.4 is 0 Å². The van der Waals surface area contributed by atoms with Crippen molar-refractivity contribution < 1.29 is 10.2 Å². The summed E-state index contributed by atoms with van der Waals surface area (Å²) in [4.78, 5) is 0. The molecule has 0 fully saturated rings. The molecule has 0 aliphatic carbocycles. The molecule has 2 nitrogen and oxygen atoms in total. The minimum absolute atomic E-state index is 0.201. The second-order valence-corrected chi connectivity index (χ2v) is 5.25. The summed E-state index contributed by atoms with van der Waals surface area (Å²) >= 11 is 0. The standard InChI is InChI=1S/C16H26O2/c1-13(17)7-5-11-15-9-3-4-10-16(15)12-6-8-14(2)18/h3-4,9-10,13-14,17-18H,5-8,11-12H2,1-2H3. The Bertz CT molecular complexity index is 299. The molecule has 0 saturated carbocycles. The molecule has 0 spiro atoms. The number of aliphatic hydroxyl groups is 2. The summed E-state index contributed by atoms with van der Waals surface area (Å²) < 4.78 is 0. The van der Waals surface area contributed by atoms with Crippen LogP contribution in [0.1, 0.15) is 50.7 Å². The lowest BCUT2D eigenvalue weighted by Crippen LogP contribution is -2.03. The van der Waals surface area contributed by atoms with Crippen molar-refractivity contribution in [2.45, 2.75) is 64.6 Å². The maximum Gasteiger partial charge on any atom is 0.0512 e. The maximum absolute atomic E-state index is 9.27. The molecule has 102 valence electrons. The number of hydrogen-bond donors (Lipinski definition) is 2. The molecule has 0 aliphatic rings. The highest BCUT2D eigenvalue weighted by atomic mass is 16.3. The molecular weight excluding hydrogens is 224 g/mol. The summed E-state index contributed by atoms with van der Waals surface area (Å²) in [6.07, 6.45) is 5.46. The molecule has 0 bridgehead atoms. The van der Waals surface area contributed by atoms with Gasteiger partial charge in [-0.1, -0.05) is 24.3 Å². The SMILES string of the molecule is CC(O)CCCc1ccccc1CCCC(C)O. The van der Waals surface area contributed by atoms with Crippen LogP contribution in [0.25, 0.3) is 0 Å². The Morgan fingerprint density at radius 3 is 1.56 bits per heavy atom. The largest absolute Gasteiger partial charge is 0.393 e. The molecule has 0 aromatic heterocycles. The average Bonchev–Trinajstić information content (AvgIpc) is 2.30. The second kappa shape index (κ2) is 8.28. The van der Waals surface area contributed by atoms with Crippen molar-refractivity contribution >= 4 is 0 Å². The van der Waals surface area contributed by atoms with Gasteiger partial charge in [-0.3, -0.25) is 0 Å². The maximum atomic E-state index is 9.27. The van der Waals surface area contributed by atoms with Gasteiger partial charge < -0.3 is 10.2 Å². The summed E-state index contributed by atoms with van der Waals surface area (Å²) in [5.41, 5.74) is 2.78. The van der Waals surface area contributed by atoms with Crippen LogP contribution in [0.15, 0.2) is 24.3 Å². The summed E-state index contributed by atoms with van der Waals surface area (Å²) in [6, 6.07) is 8.52. The highest BCUT2D eigenvalue weighted by Gasteiger charge is 2.04. The summed E-state index contributed by atoms with van der Waals surface area (Å²) in [6.45, 7) is 3.68. The summed E-state index contributed by atoms with van der Waals surface area (Å²) in [7, 11) is 0. The lowest BCUT2D eigenvalue weighted by Gasteiger charge is -2.11. The summed E-state index contributed by atoms with van der Waals surface area (Å²) in [5.74, 6) is 0. The lowest BCUT2D eigenvalue weighted by atomic mass is 9.97. The van der Waals surface area contributed by atoms with Crippen LogP contribution in [0.3, 0.4) is 0 Å². The van der Waals surface area contributed by atoms with E-state index in [-0.39, 0.29) is 12.2 Å². The van der Waals surface area contributed by atoms with Gasteiger partial charge in [-0.2, -0.15) is 0 Å². The number of aliphatic hydroxyl groups excluding tert-OH is 2. The predicted octanol–water partition coefficient (Wildman–Crippen LogP) is 3.09. The average molecular weight is 250 g/mol. The van der Waals surface area contributed by atoms with Crippen LogP contribution in [0, 0.1) is 0 Å². The minimum atomic E-state index is -0.201. The van der Waals surface area contributed by atoms with E-state index in [4.69, 9.17) is 0 Å². The van der Waals surface area contributed by atoms with Crippen LogP contribution in [-0.4, -0.2) is 22.4 Å². The third-order valence-electron chi connectivity index (χ3n) is 3.25. The Balaban J connectivity index is 2.45. The van der Waals surface area contributed by atoms with Gasteiger partial charge in [0.15, 0.2) is 0 Å². The van der Waals surface area contributed by atoms with Gasteiger partial charge in [0, 0.05) is 0 Å². The van der Waals surface area contributed by atoms with Crippen LogP contribution in [0.4, 0.5) is 0 Å². The fraction of sp³-hybridized carbons (Fsp3) is 0.625. The van der Waals surface area contributed by atoms with E-state index in [9.17, 15) is 10.2 Å². The van der Waals surface area contributed by atoms with Crippen molar-refractivity contribution in [1.29, 1.82) is 0 Å². The van der Waals surface area contributed by atoms with Crippen molar-refractivity contribution in [2.75, 3.05) is 0 Å². The Morgan fingerprint density at radius 2 is 1.22 bits per heavy atom. The quantitative estimate of drug-likeness (QED) is 0.744. The topological polar surface area (TPSA) is 40.5 Å². The number of benzene rings is 1. The molecule has 0 radical (unpaired) electrons. The van der Waals surface area contributed by atoms with Crippen molar-refractivity contribution in [3.05, 3.63) is 35.4 Å². The highest BCUT2D eigenvalue weighted by Crippen LogP contribution is 2.16. The van der Waals surface area contributed by atoms with Gasteiger partial charge in [-0.05, 0) is 63.5 Å². The van der Waals surface area contributed by atoms with Crippen LogP contribution in [0.2, 0.25) is 0 Å². The minimum Gasteiger partial charge on any atom is -0.393 e. The molecule has 0 amide bonds. The molecular formula is C16H26O2. The summed E-state index contributed by atoms with van der Waals surface area (Å²) in [5, 5.41) is 18.5. The molecule has 0 saturated heterocycles. The zero-order chi connectivity index (χ0) is 13.4. The first-order valence-corrected chi connectivity index (χ1v) is 7.02. The first-order valence-electron chi connectivity index (χ1n) is 7.02. The zero-order valence-corrected chi connectivity index (χ0v) is 11.6. The van der Waals surface area contributed by atoms with Gasteiger partial charge in [-0.25, -0.2) is 0 Å². The monoisotopic (exact) mass is 250 g/mol. The van der Waals surface area contributed by atoms with Gasteiger partial charge in [0.1, 0.15) is 0 Å². The van der Waals surface area contributed by atoms with Gasteiger partial charge >= 0.3 is 0 Å². The Kier molecular flexibility index (Phi) is 6.99.